The van der Waals surface area contributed by atoms with Gasteiger partial charge >= 0.3 is 0 Å². The topological polar surface area (TPSA) is 50.4 Å². The molecule has 0 bridgehead atoms. The van der Waals surface area contributed by atoms with Gasteiger partial charge in [-0.05, 0) is 48.7 Å². The zero-order chi connectivity index (χ0) is 23.7. The molecule has 5 heteroatoms. The third-order valence-electron chi connectivity index (χ3n) is 5.91. The molecule has 2 N–H and O–H groups in total. The third-order valence-corrected chi connectivity index (χ3v) is 6.16. The highest BCUT2D eigenvalue weighted by atomic mass is 35.5. The van der Waals surface area contributed by atoms with Gasteiger partial charge in [0.1, 0.15) is 6.10 Å². The summed E-state index contributed by atoms with van der Waals surface area (Å²) >= 11 is 5.93. The SMILES string of the molecule is CCCCCCCCCCCCNC(=O)c1ccc(CNO[C@H](C)c2ccc(Cl)cc2)cc1. The molecule has 1 amide bonds. The van der Waals surface area contributed by atoms with E-state index in [2.05, 4.69) is 17.7 Å². The first-order chi connectivity index (χ1) is 16.1. The van der Waals surface area contributed by atoms with Crippen LogP contribution in [0.1, 0.15) is 106 Å². The molecule has 2 aromatic carbocycles. The number of rotatable bonds is 17. The van der Waals surface area contributed by atoms with E-state index in [4.69, 9.17) is 16.4 Å². The lowest BCUT2D eigenvalue weighted by molar-refractivity contribution is -0.0204. The summed E-state index contributed by atoms with van der Waals surface area (Å²) in [5, 5.41) is 3.75. The monoisotopic (exact) mass is 472 g/mol. The lowest BCUT2D eigenvalue weighted by atomic mass is 10.1. The maximum absolute atomic E-state index is 12.3. The van der Waals surface area contributed by atoms with Crippen LogP contribution >= 0.6 is 11.6 Å². The Balaban J connectivity index is 1.54. The maximum atomic E-state index is 12.3. The van der Waals surface area contributed by atoms with Gasteiger partial charge in [0.05, 0.1) is 0 Å². The van der Waals surface area contributed by atoms with E-state index in [0.29, 0.717) is 17.1 Å². The minimum absolute atomic E-state index is 0.00181. The van der Waals surface area contributed by atoms with E-state index >= 15 is 0 Å². The van der Waals surface area contributed by atoms with Crippen molar-refractivity contribution in [2.24, 2.45) is 0 Å². The smallest absolute Gasteiger partial charge is 0.251 e. The van der Waals surface area contributed by atoms with Crippen LogP contribution in [0.3, 0.4) is 0 Å². The van der Waals surface area contributed by atoms with E-state index in [0.717, 1.165) is 24.1 Å². The third kappa shape index (κ3) is 11.7. The van der Waals surface area contributed by atoms with Gasteiger partial charge in [-0.25, -0.2) is 0 Å². The van der Waals surface area contributed by atoms with Gasteiger partial charge in [-0.15, -0.1) is 0 Å². The Hall–Kier alpha value is -1.88. The number of hydroxylamine groups is 1. The van der Waals surface area contributed by atoms with E-state index in [1.165, 1.54) is 57.8 Å². The number of amides is 1. The fourth-order valence-corrected chi connectivity index (χ4v) is 3.87. The Morgan fingerprint density at radius 1 is 0.848 bits per heavy atom. The highest BCUT2D eigenvalue weighted by molar-refractivity contribution is 6.30. The molecule has 0 aliphatic carbocycles. The summed E-state index contributed by atoms with van der Waals surface area (Å²) < 4.78 is 0. The van der Waals surface area contributed by atoms with Gasteiger partial charge in [-0.1, -0.05) is 101 Å². The molecule has 182 valence electrons. The fraction of sp³-hybridized carbons (Fsp3) is 0.536. The normalized spacial score (nSPS) is 12.0. The van der Waals surface area contributed by atoms with E-state index < -0.39 is 0 Å². The van der Waals surface area contributed by atoms with Gasteiger partial charge in [0, 0.05) is 23.7 Å². The Morgan fingerprint density at radius 2 is 1.42 bits per heavy atom. The van der Waals surface area contributed by atoms with Gasteiger partial charge in [-0.3, -0.25) is 9.63 Å². The average Bonchev–Trinajstić information content (AvgIpc) is 2.83. The summed E-state index contributed by atoms with van der Waals surface area (Å²) in [6, 6.07) is 15.3. The molecule has 0 unspecified atom stereocenters. The molecule has 0 saturated carbocycles. The van der Waals surface area contributed by atoms with Crippen molar-refractivity contribution >= 4 is 17.5 Å². The van der Waals surface area contributed by atoms with Crippen LogP contribution in [-0.4, -0.2) is 12.5 Å². The number of carbonyl (C=O) groups excluding carboxylic acids is 1. The maximum Gasteiger partial charge on any atom is 0.251 e. The molecular formula is C28H41ClN2O2. The van der Waals surface area contributed by atoms with E-state index in [9.17, 15) is 4.79 Å². The highest BCUT2D eigenvalue weighted by Crippen LogP contribution is 2.18. The van der Waals surface area contributed by atoms with Crippen LogP contribution in [-0.2, 0) is 11.4 Å². The zero-order valence-electron chi connectivity index (χ0n) is 20.4. The quantitative estimate of drug-likeness (QED) is 0.182. The number of halogens is 1. The zero-order valence-corrected chi connectivity index (χ0v) is 21.1. The second kappa shape index (κ2) is 16.7. The van der Waals surface area contributed by atoms with Crippen molar-refractivity contribution in [1.82, 2.24) is 10.8 Å². The van der Waals surface area contributed by atoms with Crippen LogP contribution in [0.15, 0.2) is 48.5 Å². The second-order valence-corrected chi connectivity index (χ2v) is 9.20. The summed E-state index contributed by atoms with van der Waals surface area (Å²) in [6.45, 7) is 5.56. The number of carbonyl (C=O) groups is 1. The van der Waals surface area contributed by atoms with Gasteiger partial charge in [-0.2, -0.15) is 5.48 Å². The number of unbranched alkanes of at least 4 members (excludes halogenated alkanes) is 9. The summed E-state index contributed by atoms with van der Waals surface area (Å²) in [6.07, 6.45) is 12.9. The first kappa shape index (κ1) is 27.4. The molecule has 2 rings (SSSR count). The molecule has 0 aliphatic rings. The van der Waals surface area contributed by atoms with Crippen LogP contribution in [0.2, 0.25) is 5.02 Å². The standard InChI is InChI=1S/C28H41ClN2O2/c1-3-4-5-6-7-8-9-10-11-12-21-30-28(32)26-15-13-24(14-16-26)22-31-33-23(2)25-17-19-27(29)20-18-25/h13-20,23,31H,3-12,21-22H2,1-2H3,(H,30,32)/t23-/m1/s1. The molecule has 0 heterocycles. The molecular weight excluding hydrogens is 432 g/mol. The molecule has 1 atom stereocenters. The van der Waals surface area contributed by atoms with Crippen LogP contribution in [0.25, 0.3) is 0 Å². The molecule has 2 aromatic rings. The number of hydrogen-bond donors (Lipinski definition) is 2. The summed E-state index contributed by atoms with van der Waals surface area (Å²) in [4.78, 5) is 18.0. The van der Waals surface area contributed by atoms with E-state index in [-0.39, 0.29) is 12.0 Å². The molecule has 33 heavy (non-hydrogen) atoms. The van der Waals surface area contributed by atoms with Gasteiger partial charge in [0.2, 0.25) is 0 Å². The Bertz CT molecular complexity index is 777. The Morgan fingerprint density at radius 3 is 2.03 bits per heavy atom. The van der Waals surface area contributed by atoms with Crippen molar-refractivity contribution in [3.63, 3.8) is 0 Å². The van der Waals surface area contributed by atoms with Crippen molar-refractivity contribution in [2.45, 2.75) is 90.7 Å². The van der Waals surface area contributed by atoms with Crippen molar-refractivity contribution in [2.75, 3.05) is 6.54 Å². The number of hydrogen-bond acceptors (Lipinski definition) is 3. The Labute approximate surface area is 205 Å². The van der Waals surface area contributed by atoms with Crippen molar-refractivity contribution in [1.29, 1.82) is 0 Å². The second-order valence-electron chi connectivity index (χ2n) is 8.77. The molecule has 0 radical (unpaired) electrons. The molecule has 0 saturated heterocycles. The summed E-state index contributed by atoms with van der Waals surface area (Å²) in [7, 11) is 0. The van der Waals surface area contributed by atoms with Gasteiger partial charge in [0.15, 0.2) is 0 Å². The van der Waals surface area contributed by atoms with Crippen molar-refractivity contribution < 1.29 is 9.63 Å². The summed E-state index contributed by atoms with van der Waals surface area (Å²) in [5.41, 5.74) is 5.82. The number of nitrogens with one attached hydrogen (secondary N) is 2. The van der Waals surface area contributed by atoms with Crippen LogP contribution in [0, 0.1) is 0 Å². The van der Waals surface area contributed by atoms with Crippen LogP contribution in [0.4, 0.5) is 0 Å². The predicted molar refractivity (Wildman–Crippen MR) is 138 cm³/mol. The largest absolute Gasteiger partial charge is 0.352 e. The highest BCUT2D eigenvalue weighted by Gasteiger charge is 2.07. The van der Waals surface area contributed by atoms with Gasteiger partial charge < -0.3 is 5.32 Å². The lowest BCUT2D eigenvalue weighted by Crippen LogP contribution is -2.24. The van der Waals surface area contributed by atoms with E-state index in [1.807, 2.05) is 55.5 Å². The van der Waals surface area contributed by atoms with E-state index in [1.54, 1.807) is 0 Å². The minimum Gasteiger partial charge on any atom is -0.352 e. The first-order valence-electron chi connectivity index (χ1n) is 12.6. The molecule has 0 aliphatic heterocycles. The summed E-state index contributed by atoms with van der Waals surface area (Å²) in [5.74, 6) is -0.00181. The first-order valence-corrected chi connectivity index (χ1v) is 13.0. The van der Waals surface area contributed by atoms with Gasteiger partial charge in [0.25, 0.3) is 5.91 Å². The van der Waals surface area contributed by atoms with Crippen molar-refractivity contribution in [3.8, 4) is 0 Å². The molecule has 0 fully saturated rings. The van der Waals surface area contributed by atoms with Crippen LogP contribution in [0.5, 0.6) is 0 Å². The fourth-order valence-electron chi connectivity index (χ4n) is 3.74. The van der Waals surface area contributed by atoms with Crippen LogP contribution < -0.4 is 10.8 Å². The molecule has 0 aromatic heterocycles. The molecule has 0 spiro atoms. The van der Waals surface area contributed by atoms with Crippen molar-refractivity contribution in [3.05, 3.63) is 70.2 Å². The minimum atomic E-state index is -0.0851. The lowest BCUT2D eigenvalue weighted by Gasteiger charge is -2.14. The number of benzene rings is 2. The Kier molecular flexibility index (Phi) is 13.8. The molecule has 4 nitrogen and oxygen atoms in total. The average molecular weight is 473 g/mol. The predicted octanol–water partition coefficient (Wildman–Crippen LogP) is 7.77.